The Bertz CT molecular complexity index is 691. The van der Waals surface area contributed by atoms with Crippen molar-refractivity contribution in [3.63, 3.8) is 0 Å². The predicted octanol–water partition coefficient (Wildman–Crippen LogP) is 3.58. The summed E-state index contributed by atoms with van der Waals surface area (Å²) in [6, 6.07) is 1.02. The number of carbonyl (C=O) groups is 2. The van der Waals surface area contributed by atoms with Crippen molar-refractivity contribution >= 4 is 12.1 Å². The molecule has 2 atom stereocenters. The summed E-state index contributed by atoms with van der Waals surface area (Å²) in [6.45, 7) is 1.81. The van der Waals surface area contributed by atoms with E-state index in [1.54, 1.807) is 20.8 Å². The first-order chi connectivity index (χ1) is 13.1. The summed E-state index contributed by atoms with van der Waals surface area (Å²) in [5.74, 6) is -0.743. The summed E-state index contributed by atoms with van der Waals surface area (Å²) in [7, 11) is 1.13. The molecular formula is C19H26F3NO5. The van der Waals surface area contributed by atoms with Gasteiger partial charge in [0.25, 0.3) is 0 Å². The fourth-order valence-corrected chi connectivity index (χ4v) is 2.58. The number of methoxy groups -OCH3 is 1. The molecule has 158 valence electrons. The molecule has 1 unspecified atom stereocenters. The van der Waals surface area contributed by atoms with Crippen LogP contribution in [0.25, 0.3) is 0 Å². The van der Waals surface area contributed by atoms with Crippen molar-refractivity contribution in [2.45, 2.75) is 65.0 Å². The highest BCUT2D eigenvalue weighted by molar-refractivity contribution is 5.73. The number of rotatable bonds is 8. The molecule has 0 spiro atoms. The van der Waals surface area contributed by atoms with Crippen LogP contribution in [0.3, 0.4) is 0 Å². The van der Waals surface area contributed by atoms with Crippen LogP contribution in [-0.2, 0) is 34.3 Å². The van der Waals surface area contributed by atoms with E-state index in [0.29, 0.717) is 0 Å². The van der Waals surface area contributed by atoms with Gasteiger partial charge in [-0.05, 0) is 55.2 Å². The van der Waals surface area contributed by atoms with Gasteiger partial charge in [0, 0.05) is 0 Å². The summed E-state index contributed by atoms with van der Waals surface area (Å²) in [5.41, 5.74) is -1.05. The van der Waals surface area contributed by atoms with E-state index in [9.17, 15) is 27.9 Å². The van der Waals surface area contributed by atoms with Crippen LogP contribution in [0, 0.1) is 0 Å². The number of alkyl halides is 3. The predicted molar refractivity (Wildman–Crippen MR) is 95.6 cm³/mol. The second-order valence-electron chi connectivity index (χ2n) is 7.20. The lowest BCUT2D eigenvalue weighted by molar-refractivity contribution is -0.141. The van der Waals surface area contributed by atoms with Gasteiger partial charge >= 0.3 is 12.1 Å². The molecule has 0 saturated heterocycles. The molecular weight excluding hydrogens is 379 g/mol. The van der Waals surface area contributed by atoms with Gasteiger partial charge in [0.05, 0.1) is 19.6 Å². The van der Waals surface area contributed by atoms with Crippen LogP contribution < -0.4 is 5.32 Å². The molecule has 2 N–H and O–H groups in total. The molecule has 0 radical (unpaired) electrons. The average molecular weight is 405 g/mol. The fraction of sp³-hybridized carbons (Fsp3) is 0.579. The van der Waals surface area contributed by atoms with Crippen LogP contribution in [0.1, 0.15) is 55.5 Å². The summed E-state index contributed by atoms with van der Waals surface area (Å²) >= 11 is 0. The van der Waals surface area contributed by atoms with Gasteiger partial charge in [0.1, 0.15) is 31.7 Å². The lowest BCUT2D eigenvalue weighted by Gasteiger charge is -2.27. The Morgan fingerprint density at radius 1 is 1.07 bits per heavy atom. The van der Waals surface area contributed by atoms with Crippen molar-refractivity contribution in [2.75, 3.05) is 7.11 Å². The van der Waals surface area contributed by atoms with Crippen LogP contribution in [-0.4, -0.2) is 35.9 Å². The van der Waals surface area contributed by atoms with Gasteiger partial charge in [-0.1, -0.05) is 0 Å². The number of ether oxygens (including phenoxy) is 2. The number of esters is 1. The van der Waals surface area contributed by atoms with Gasteiger partial charge in [-0.15, -0.1) is 0 Å². The molecule has 0 aliphatic rings. The van der Waals surface area contributed by atoms with Crippen molar-refractivity contribution in [1.29, 1.82) is 0 Å². The number of nitrogens with one attached hydrogen (secondary N) is 1. The van der Waals surface area contributed by atoms with Gasteiger partial charge in [0.15, 0.2) is 0 Å². The molecule has 0 bridgehead atoms. The minimum absolute atomic E-state index is 0.0317. The van der Waals surface area contributed by atoms with Gasteiger partial charge in [0.2, 0.25) is 0 Å². The molecule has 1 rings (SSSR count). The lowest BCUT2D eigenvalue weighted by atomic mass is 9.92. The third-order valence-electron chi connectivity index (χ3n) is 3.91. The van der Waals surface area contributed by atoms with E-state index in [4.69, 9.17) is 4.74 Å². The molecule has 0 aliphatic heterocycles. The summed E-state index contributed by atoms with van der Waals surface area (Å²) in [5, 5.41) is 13.1. The number of hydrogen-bond donors (Lipinski definition) is 2. The minimum atomic E-state index is -1.59. The maximum Gasteiger partial charge on any atom is 0.407 e. The molecule has 28 heavy (non-hydrogen) atoms. The number of hydrogen-bond acceptors (Lipinski definition) is 5. The van der Waals surface area contributed by atoms with Gasteiger partial charge in [-0.25, -0.2) is 18.0 Å². The SMILES string of the molecule is COC(=O)C[C@H](NC(=O)OC(C)(C)C)C(O)c1cc(CF)c(CF)cc1CF. The van der Waals surface area contributed by atoms with E-state index < -0.39 is 56.3 Å². The number of aliphatic hydroxyl groups is 1. The molecule has 0 saturated carbocycles. The standard InChI is InChI=1S/C19H26F3NO5/c1-19(2,3)28-18(26)23-15(7-16(24)27-4)17(25)14-6-12(9-21)11(8-20)5-13(14)10-22/h5-6,15,17,25H,7-10H2,1-4H3,(H,23,26)/t15-,17?/m0/s1. The van der Waals surface area contributed by atoms with Crippen LogP contribution in [0.2, 0.25) is 0 Å². The monoisotopic (exact) mass is 405 g/mol. The molecule has 0 aromatic heterocycles. The van der Waals surface area contributed by atoms with E-state index >= 15 is 0 Å². The minimum Gasteiger partial charge on any atom is -0.469 e. The van der Waals surface area contributed by atoms with E-state index in [0.717, 1.165) is 19.2 Å². The van der Waals surface area contributed by atoms with E-state index in [-0.39, 0.29) is 22.3 Å². The second kappa shape index (κ2) is 10.3. The Labute approximate surface area is 162 Å². The van der Waals surface area contributed by atoms with Crippen molar-refractivity contribution in [3.05, 3.63) is 34.4 Å². The molecule has 1 aromatic carbocycles. The third-order valence-corrected chi connectivity index (χ3v) is 3.91. The number of alkyl carbamates (subject to hydrolysis) is 1. The van der Waals surface area contributed by atoms with Crippen LogP contribution >= 0.6 is 0 Å². The highest BCUT2D eigenvalue weighted by Gasteiger charge is 2.30. The molecule has 6 nitrogen and oxygen atoms in total. The Balaban J connectivity index is 3.25. The van der Waals surface area contributed by atoms with Gasteiger partial charge in [-0.3, -0.25) is 4.79 Å². The first-order valence-electron chi connectivity index (χ1n) is 8.63. The van der Waals surface area contributed by atoms with Crippen molar-refractivity contribution in [2.24, 2.45) is 0 Å². The van der Waals surface area contributed by atoms with Crippen LogP contribution in [0.15, 0.2) is 12.1 Å². The summed E-state index contributed by atoms with van der Waals surface area (Å²) in [4.78, 5) is 23.8. The zero-order chi connectivity index (χ0) is 21.5. The molecule has 0 fully saturated rings. The van der Waals surface area contributed by atoms with E-state index in [2.05, 4.69) is 10.1 Å². The van der Waals surface area contributed by atoms with E-state index in [1.165, 1.54) is 0 Å². The number of amides is 1. The summed E-state index contributed by atoms with van der Waals surface area (Å²) in [6.07, 6.45) is -2.94. The van der Waals surface area contributed by atoms with Crippen molar-refractivity contribution in [3.8, 4) is 0 Å². The Kier molecular flexibility index (Phi) is 8.74. The van der Waals surface area contributed by atoms with E-state index in [1.807, 2.05) is 0 Å². The number of carbonyl (C=O) groups excluding carboxylic acids is 2. The molecule has 9 heteroatoms. The van der Waals surface area contributed by atoms with Crippen LogP contribution in [0.4, 0.5) is 18.0 Å². The number of aliphatic hydroxyl groups excluding tert-OH is 1. The first kappa shape index (κ1) is 23.7. The Morgan fingerprint density at radius 3 is 2.07 bits per heavy atom. The average Bonchev–Trinajstić information content (AvgIpc) is 2.63. The maximum atomic E-state index is 13.4. The molecule has 1 aromatic rings. The topological polar surface area (TPSA) is 84.9 Å². The molecule has 0 heterocycles. The van der Waals surface area contributed by atoms with Gasteiger partial charge < -0.3 is 19.9 Å². The fourth-order valence-electron chi connectivity index (χ4n) is 2.58. The number of benzene rings is 1. The zero-order valence-corrected chi connectivity index (χ0v) is 16.4. The number of halogens is 3. The second-order valence-corrected chi connectivity index (χ2v) is 7.20. The van der Waals surface area contributed by atoms with Crippen molar-refractivity contribution < 1.29 is 37.3 Å². The lowest BCUT2D eigenvalue weighted by Crippen LogP contribution is -2.43. The maximum absolute atomic E-state index is 13.4. The summed E-state index contributed by atoms with van der Waals surface area (Å²) < 4.78 is 49.4. The smallest absolute Gasteiger partial charge is 0.407 e. The first-order valence-corrected chi connectivity index (χ1v) is 8.63. The highest BCUT2D eigenvalue weighted by Crippen LogP contribution is 2.28. The Hall–Kier alpha value is -2.29. The largest absolute Gasteiger partial charge is 0.469 e. The molecule has 0 aliphatic carbocycles. The zero-order valence-electron chi connectivity index (χ0n) is 16.4. The van der Waals surface area contributed by atoms with Gasteiger partial charge in [-0.2, -0.15) is 0 Å². The normalized spacial score (nSPS) is 13.6. The highest BCUT2D eigenvalue weighted by atomic mass is 19.1. The third kappa shape index (κ3) is 6.70. The Morgan fingerprint density at radius 2 is 1.61 bits per heavy atom. The van der Waals surface area contributed by atoms with Crippen LogP contribution in [0.5, 0.6) is 0 Å². The van der Waals surface area contributed by atoms with Crippen molar-refractivity contribution in [1.82, 2.24) is 5.32 Å². The quantitative estimate of drug-likeness (QED) is 0.646. The molecule has 1 amide bonds.